The van der Waals surface area contributed by atoms with E-state index in [1.54, 1.807) is 37.6 Å². The molecule has 0 fully saturated rings. The molecule has 2 aromatic carbocycles. The molecule has 0 spiro atoms. The summed E-state index contributed by atoms with van der Waals surface area (Å²) in [4.78, 5) is 13.3. The SMILES string of the molecule is CNc1nc(-c2cccnc2)nc2cc(-c3ccccc3OC(F)F)ccc12. The maximum Gasteiger partial charge on any atom is 0.387 e. The zero-order chi connectivity index (χ0) is 19.5. The molecule has 2 heterocycles. The molecule has 0 saturated heterocycles. The number of fused-ring (bicyclic) bond motifs is 1. The van der Waals surface area contributed by atoms with Crippen molar-refractivity contribution in [1.82, 2.24) is 15.0 Å². The summed E-state index contributed by atoms with van der Waals surface area (Å²) < 4.78 is 30.2. The number of para-hydroxylation sites is 1. The summed E-state index contributed by atoms with van der Waals surface area (Å²) >= 11 is 0. The molecule has 0 amide bonds. The quantitative estimate of drug-likeness (QED) is 0.529. The van der Waals surface area contributed by atoms with E-state index in [1.807, 2.05) is 30.3 Å². The van der Waals surface area contributed by atoms with Gasteiger partial charge in [-0.2, -0.15) is 8.78 Å². The van der Waals surface area contributed by atoms with Crippen molar-refractivity contribution in [2.75, 3.05) is 12.4 Å². The lowest BCUT2D eigenvalue weighted by Gasteiger charge is -2.12. The van der Waals surface area contributed by atoms with E-state index < -0.39 is 6.61 Å². The van der Waals surface area contributed by atoms with Gasteiger partial charge in [0.1, 0.15) is 11.6 Å². The van der Waals surface area contributed by atoms with E-state index in [9.17, 15) is 8.78 Å². The fourth-order valence-corrected chi connectivity index (χ4v) is 3.02. The fourth-order valence-electron chi connectivity index (χ4n) is 3.02. The Bertz CT molecular complexity index is 1120. The second-order valence-electron chi connectivity index (χ2n) is 5.99. The molecule has 0 aliphatic carbocycles. The van der Waals surface area contributed by atoms with Crippen molar-refractivity contribution in [2.45, 2.75) is 6.61 Å². The number of nitrogens with one attached hydrogen (secondary N) is 1. The van der Waals surface area contributed by atoms with Crippen molar-refractivity contribution in [3.63, 3.8) is 0 Å². The molecule has 7 heteroatoms. The minimum absolute atomic E-state index is 0.118. The molecule has 0 aliphatic rings. The lowest BCUT2D eigenvalue weighted by atomic mass is 10.0. The number of halogens is 2. The number of hydrogen-bond donors (Lipinski definition) is 1. The Kier molecular flexibility index (Phi) is 4.80. The maximum atomic E-state index is 12.8. The molecule has 4 aromatic rings. The topological polar surface area (TPSA) is 59.9 Å². The first kappa shape index (κ1) is 17.8. The summed E-state index contributed by atoms with van der Waals surface area (Å²) in [6, 6.07) is 15.9. The smallest absolute Gasteiger partial charge is 0.387 e. The van der Waals surface area contributed by atoms with Crippen LogP contribution < -0.4 is 10.1 Å². The van der Waals surface area contributed by atoms with E-state index in [1.165, 1.54) is 6.07 Å². The van der Waals surface area contributed by atoms with Crippen LogP contribution in [-0.2, 0) is 0 Å². The van der Waals surface area contributed by atoms with Crippen molar-refractivity contribution in [2.24, 2.45) is 0 Å². The van der Waals surface area contributed by atoms with Crippen molar-refractivity contribution >= 4 is 16.7 Å². The number of alkyl halides is 2. The zero-order valence-corrected chi connectivity index (χ0v) is 14.9. The van der Waals surface area contributed by atoms with Crippen LogP contribution in [0.25, 0.3) is 33.4 Å². The molecule has 0 atom stereocenters. The van der Waals surface area contributed by atoms with E-state index in [0.29, 0.717) is 22.7 Å². The molecular weight excluding hydrogens is 362 g/mol. The number of aromatic nitrogens is 3. The first-order valence-electron chi connectivity index (χ1n) is 8.60. The van der Waals surface area contributed by atoms with Crippen LogP contribution in [0.1, 0.15) is 0 Å². The number of nitrogens with zero attached hydrogens (tertiary/aromatic N) is 3. The average molecular weight is 378 g/mol. The van der Waals surface area contributed by atoms with Gasteiger partial charge in [-0.3, -0.25) is 4.98 Å². The zero-order valence-electron chi connectivity index (χ0n) is 14.9. The summed E-state index contributed by atoms with van der Waals surface area (Å²) in [5, 5.41) is 3.91. The molecule has 5 nitrogen and oxygen atoms in total. The minimum Gasteiger partial charge on any atom is -0.434 e. The van der Waals surface area contributed by atoms with Crippen molar-refractivity contribution in [1.29, 1.82) is 0 Å². The van der Waals surface area contributed by atoms with Crippen molar-refractivity contribution in [3.8, 4) is 28.3 Å². The highest BCUT2D eigenvalue weighted by atomic mass is 19.3. The van der Waals surface area contributed by atoms with Gasteiger partial charge in [-0.05, 0) is 35.9 Å². The van der Waals surface area contributed by atoms with Crippen LogP contribution in [0.5, 0.6) is 5.75 Å². The maximum absolute atomic E-state index is 12.8. The van der Waals surface area contributed by atoms with Crippen LogP contribution >= 0.6 is 0 Å². The summed E-state index contributed by atoms with van der Waals surface area (Å²) in [6.45, 7) is -2.89. The predicted molar refractivity (Wildman–Crippen MR) is 104 cm³/mol. The van der Waals surface area contributed by atoms with Gasteiger partial charge in [0.05, 0.1) is 5.52 Å². The Labute approximate surface area is 160 Å². The van der Waals surface area contributed by atoms with Crippen LogP contribution in [0.4, 0.5) is 14.6 Å². The molecule has 1 N–H and O–H groups in total. The number of ether oxygens (including phenoxy) is 1. The number of benzene rings is 2. The Morgan fingerprint density at radius 2 is 1.82 bits per heavy atom. The molecule has 0 unspecified atom stereocenters. The largest absolute Gasteiger partial charge is 0.434 e. The number of anilines is 1. The molecule has 0 aliphatic heterocycles. The second kappa shape index (κ2) is 7.56. The van der Waals surface area contributed by atoms with Gasteiger partial charge < -0.3 is 10.1 Å². The van der Waals surface area contributed by atoms with Crippen LogP contribution in [0, 0.1) is 0 Å². The van der Waals surface area contributed by atoms with E-state index in [0.717, 1.165) is 16.5 Å². The normalized spacial score (nSPS) is 11.0. The molecule has 4 rings (SSSR count). The monoisotopic (exact) mass is 378 g/mol. The van der Waals surface area contributed by atoms with Gasteiger partial charge in [0, 0.05) is 36.0 Å². The minimum atomic E-state index is -2.89. The first-order valence-corrected chi connectivity index (χ1v) is 8.60. The Morgan fingerprint density at radius 1 is 0.964 bits per heavy atom. The standard InChI is InChI=1S/C21H16F2N4O/c1-24-20-16-9-8-13(15-6-2-3-7-18(15)28-21(22)23)11-17(16)26-19(27-20)14-5-4-10-25-12-14/h2-12,21H,1H3,(H,24,26,27). The average Bonchev–Trinajstić information content (AvgIpc) is 2.73. The Morgan fingerprint density at radius 3 is 2.57 bits per heavy atom. The highest BCUT2D eigenvalue weighted by Gasteiger charge is 2.14. The number of pyridine rings is 1. The molecular formula is C21H16F2N4O. The molecule has 0 radical (unpaired) electrons. The molecule has 0 saturated carbocycles. The van der Waals surface area contributed by atoms with Crippen LogP contribution in [0.15, 0.2) is 67.0 Å². The van der Waals surface area contributed by atoms with Gasteiger partial charge in [0.2, 0.25) is 0 Å². The van der Waals surface area contributed by atoms with Crippen molar-refractivity contribution in [3.05, 3.63) is 67.0 Å². The molecule has 140 valence electrons. The van der Waals surface area contributed by atoms with Gasteiger partial charge in [0.25, 0.3) is 0 Å². The number of rotatable bonds is 5. The van der Waals surface area contributed by atoms with E-state index in [2.05, 4.69) is 25.0 Å². The highest BCUT2D eigenvalue weighted by Crippen LogP contribution is 2.34. The Balaban J connectivity index is 1.87. The van der Waals surface area contributed by atoms with Gasteiger partial charge in [-0.15, -0.1) is 0 Å². The van der Waals surface area contributed by atoms with E-state index in [-0.39, 0.29) is 5.75 Å². The van der Waals surface area contributed by atoms with Crippen LogP contribution in [-0.4, -0.2) is 28.6 Å². The lowest BCUT2D eigenvalue weighted by molar-refractivity contribution is -0.0494. The molecule has 28 heavy (non-hydrogen) atoms. The summed E-state index contributed by atoms with van der Waals surface area (Å²) in [7, 11) is 1.79. The lowest BCUT2D eigenvalue weighted by Crippen LogP contribution is -2.03. The fraction of sp³-hybridized carbons (Fsp3) is 0.0952. The second-order valence-corrected chi connectivity index (χ2v) is 5.99. The molecule has 0 bridgehead atoms. The molecule has 2 aromatic heterocycles. The van der Waals surface area contributed by atoms with Gasteiger partial charge >= 0.3 is 6.61 Å². The third-order valence-electron chi connectivity index (χ3n) is 4.27. The van der Waals surface area contributed by atoms with Crippen molar-refractivity contribution < 1.29 is 13.5 Å². The van der Waals surface area contributed by atoms with Gasteiger partial charge in [-0.1, -0.05) is 24.3 Å². The van der Waals surface area contributed by atoms with Gasteiger partial charge in [0.15, 0.2) is 5.82 Å². The van der Waals surface area contributed by atoms with Gasteiger partial charge in [-0.25, -0.2) is 9.97 Å². The predicted octanol–water partition coefficient (Wildman–Crippen LogP) is 5.00. The summed E-state index contributed by atoms with van der Waals surface area (Å²) in [5.41, 5.74) is 2.76. The van der Waals surface area contributed by atoms with E-state index in [4.69, 9.17) is 0 Å². The Hall–Kier alpha value is -3.61. The third-order valence-corrected chi connectivity index (χ3v) is 4.27. The van der Waals surface area contributed by atoms with Crippen LogP contribution in [0.3, 0.4) is 0 Å². The third kappa shape index (κ3) is 3.46. The highest BCUT2D eigenvalue weighted by molar-refractivity contribution is 5.93. The van der Waals surface area contributed by atoms with Crippen LogP contribution in [0.2, 0.25) is 0 Å². The number of hydrogen-bond acceptors (Lipinski definition) is 5. The van der Waals surface area contributed by atoms with E-state index >= 15 is 0 Å². The summed E-state index contributed by atoms with van der Waals surface area (Å²) in [6.07, 6.45) is 3.37. The first-order chi connectivity index (χ1) is 13.7. The summed E-state index contributed by atoms with van der Waals surface area (Å²) in [5.74, 6) is 1.32.